The van der Waals surface area contributed by atoms with Crippen molar-refractivity contribution in [1.82, 2.24) is 0 Å². The molecule has 0 saturated heterocycles. The topological polar surface area (TPSA) is 55.4 Å². The fraction of sp³-hybridized carbons (Fsp3) is 0.300. The number of nitrogens with one attached hydrogen (secondary N) is 1. The van der Waals surface area contributed by atoms with Crippen LogP contribution < -0.4 is 10.1 Å². The van der Waals surface area contributed by atoms with Crippen LogP contribution in [0.25, 0.3) is 0 Å². The highest BCUT2D eigenvalue weighted by Gasteiger charge is 2.09. The van der Waals surface area contributed by atoms with Crippen LogP contribution in [0.2, 0.25) is 0 Å². The van der Waals surface area contributed by atoms with Crippen molar-refractivity contribution in [3.8, 4) is 5.75 Å². The molecule has 0 bridgehead atoms. The summed E-state index contributed by atoms with van der Waals surface area (Å²) in [5.41, 5.74) is 3.31. The van der Waals surface area contributed by atoms with Gasteiger partial charge in [0.25, 0.3) is 5.91 Å². The van der Waals surface area contributed by atoms with Crippen molar-refractivity contribution in [3.05, 3.63) is 59.2 Å². The van der Waals surface area contributed by atoms with Crippen LogP contribution in [0.1, 0.15) is 48.2 Å². The fourth-order valence-electron chi connectivity index (χ4n) is 2.29. The smallest absolute Gasteiger partial charge is 0.262 e. The molecule has 2 aromatic carbocycles. The Labute approximate surface area is 142 Å². The standard InChI is InChI=1S/C20H23NO3/c1-13(2)16-9-8-14(3)19(11-16)24-12-20(23)21-18-7-5-6-17(10-18)15(4)22/h5-11,13H,12H2,1-4H3,(H,21,23). The van der Waals surface area contributed by atoms with Crippen LogP contribution in [0.15, 0.2) is 42.5 Å². The van der Waals surface area contributed by atoms with Crippen LogP contribution >= 0.6 is 0 Å². The zero-order chi connectivity index (χ0) is 17.7. The molecule has 126 valence electrons. The lowest BCUT2D eigenvalue weighted by molar-refractivity contribution is -0.118. The summed E-state index contributed by atoms with van der Waals surface area (Å²) < 4.78 is 5.66. The van der Waals surface area contributed by atoms with E-state index in [1.54, 1.807) is 24.3 Å². The number of amides is 1. The quantitative estimate of drug-likeness (QED) is 0.804. The third-order valence-corrected chi connectivity index (χ3v) is 3.79. The Morgan fingerprint density at radius 3 is 2.54 bits per heavy atom. The van der Waals surface area contributed by atoms with E-state index < -0.39 is 0 Å². The molecule has 0 aliphatic carbocycles. The van der Waals surface area contributed by atoms with Crippen LogP contribution in [0.3, 0.4) is 0 Å². The number of benzene rings is 2. The highest BCUT2D eigenvalue weighted by Crippen LogP contribution is 2.24. The van der Waals surface area contributed by atoms with Crippen LogP contribution in [0.4, 0.5) is 5.69 Å². The molecule has 0 aromatic heterocycles. The average molecular weight is 325 g/mol. The van der Waals surface area contributed by atoms with Gasteiger partial charge in [0.1, 0.15) is 5.75 Å². The highest BCUT2D eigenvalue weighted by atomic mass is 16.5. The second-order valence-corrected chi connectivity index (χ2v) is 6.15. The van der Waals surface area contributed by atoms with Gasteiger partial charge in [0.05, 0.1) is 0 Å². The van der Waals surface area contributed by atoms with Gasteiger partial charge in [0, 0.05) is 11.3 Å². The number of anilines is 1. The summed E-state index contributed by atoms with van der Waals surface area (Å²) in [6.45, 7) is 7.60. The molecule has 4 heteroatoms. The van der Waals surface area contributed by atoms with Crippen molar-refractivity contribution in [2.24, 2.45) is 0 Å². The minimum Gasteiger partial charge on any atom is -0.483 e. The maximum atomic E-state index is 12.1. The molecule has 0 aliphatic heterocycles. The number of hydrogen-bond acceptors (Lipinski definition) is 3. The molecule has 0 unspecified atom stereocenters. The van der Waals surface area contributed by atoms with Crippen LogP contribution in [0, 0.1) is 6.92 Å². The average Bonchev–Trinajstić information content (AvgIpc) is 2.54. The molecule has 0 heterocycles. The maximum Gasteiger partial charge on any atom is 0.262 e. The normalized spacial score (nSPS) is 10.5. The van der Waals surface area contributed by atoms with Crippen molar-refractivity contribution in [2.75, 3.05) is 11.9 Å². The summed E-state index contributed by atoms with van der Waals surface area (Å²) in [5.74, 6) is 0.818. The molecule has 0 saturated carbocycles. The molecular formula is C20H23NO3. The van der Waals surface area contributed by atoms with Gasteiger partial charge < -0.3 is 10.1 Å². The first kappa shape index (κ1) is 17.7. The molecule has 1 N–H and O–H groups in total. The summed E-state index contributed by atoms with van der Waals surface area (Å²) in [6.07, 6.45) is 0. The van der Waals surface area contributed by atoms with Crippen molar-refractivity contribution in [3.63, 3.8) is 0 Å². The third kappa shape index (κ3) is 4.69. The second kappa shape index (κ2) is 7.77. The Morgan fingerprint density at radius 1 is 1.12 bits per heavy atom. The van der Waals surface area contributed by atoms with Crippen molar-refractivity contribution in [1.29, 1.82) is 0 Å². The summed E-state index contributed by atoms with van der Waals surface area (Å²) in [5, 5.41) is 2.75. The van der Waals surface area contributed by atoms with E-state index in [0.717, 1.165) is 5.56 Å². The molecule has 1 amide bonds. The molecule has 0 fully saturated rings. The van der Waals surface area contributed by atoms with Gasteiger partial charge in [-0.05, 0) is 49.1 Å². The summed E-state index contributed by atoms with van der Waals surface area (Å²) in [4.78, 5) is 23.5. The Bertz CT molecular complexity index is 750. The van der Waals surface area contributed by atoms with E-state index >= 15 is 0 Å². The second-order valence-electron chi connectivity index (χ2n) is 6.15. The van der Waals surface area contributed by atoms with Gasteiger partial charge in [0.2, 0.25) is 0 Å². The van der Waals surface area contributed by atoms with Gasteiger partial charge >= 0.3 is 0 Å². The van der Waals surface area contributed by atoms with E-state index in [-0.39, 0.29) is 18.3 Å². The molecule has 0 spiro atoms. The van der Waals surface area contributed by atoms with E-state index in [1.165, 1.54) is 12.5 Å². The van der Waals surface area contributed by atoms with Gasteiger partial charge in [-0.3, -0.25) is 9.59 Å². The largest absolute Gasteiger partial charge is 0.483 e. The molecule has 0 atom stereocenters. The van der Waals surface area contributed by atoms with Gasteiger partial charge in [-0.25, -0.2) is 0 Å². The highest BCUT2D eigenvalue weighted by molar-refractivity contribution is 5.97. The van der Waals surface area contributed by atoms with Gasteiger partial charge in [0.15, 0.2) is 12.4 Å². The zero-order valence-electron chi connectivity index (χ0n) is 14.6. The Morgan fingerprint density at radius 2 is 1.88 bits per heavy atom. The molecule has 24 heavy (non-hydrogen) atoms. The number of hydrogen-bond donors (Lipinski definition) is 1. The first-order chi connectivity index (χ1) is 11.4. The first-order valence-electron chi connectivity index (χ1n) is 8.01. The summed E-state index contributed by atoms with van der Waals surface area (Å²) >= 11 is 0. The van der Waals surface area contributed by atoms with Gasteiger partial charge in [-0.2, -0.15) is 0 Å². The zero-order valence-corrected chi connectivity index (χ0v) is 14.6. The summed E-state index contributed by atoms with van der Waals surface area (Å²) in [6, 6.07) is 12.9. The minimum absolute atomic E-state index is 0.0384. The molecule has 4 nitrogen and oxygen atoms in total. The Kier molecular flexibility index (Phi) is 5.74. The van der Waals surface area contributed by atoms with Crippen molar-refractivity contribution in [2.45, 2.75) is 33.6 Å². The number of ether oxygens (including phenoxy) is 1. The minimum atomic E-state index is -0.259. The lowest BCUT2D eigenvalue weighted by Gasteiger charge is -2.13. The fourth-order valence-corrected chi connectivity index (χ4v) is 2.29. The number of ketones is 1. The molecule has 2 aromatic rings. The van der Waals surface area contributed by atoms with E-state index in [9.17, 15) is 9.59 Å². The molecule has 0 radical (unpaired) electrons. The number of carbonyl (C=O) groups excluding carboxylic acids is 2. The Balaban J connectivity index is 2.00. The lowest BCUT2D eigenvalue weighted by atomic mass is 10.0. The van der Waals surface area contributed by atoms with E-state index in [2.05, 4.69) is 25.2 Å². The monoisotopic (exact) mass is 325 g/mol. The molecule has 0 aliphatic rings. The first-order valence-corrected chi connectivity index (χ1v) is 8.01. The number of carbonyl (C=O) groups is 2. The van der Waals surface area contributed by atoms with Crippen LogP contribution in [0.5, 0.6) is 5.75 Å². The number of aryl methyl sites for hydroxylation is 1. The Hall–Kier alpha value is -2.62. The number of Topliss-reactive ketones (excluding diaryl/α,β-unsaturated/α-hetero) is 1. The molecular weight excluding hydrogens is 302 g/mol. The van der Waals surface area contributed by atoms with Gasteiger partial charge in [-0.15, -0.1) is 0 Å². The summed E-state index contributed by atoms with van der Waals surface area (Å²) in [7, 11) is 0. The number of rotatable bonds is 6. The van der Waals surface area contributed by atoms with E-state index in [0.29, 0.717) is 22.9 Å². The third-order valence-electron chi connectivity index (χ3n) is 3.79. The van der Waals surface area contributed by atoms with E-state index in [1.807, 2.05) is 19.1 Å². The van der Waals surface area contributed by atoms with Crippen molar-refractivity contribution < 1.29 is 14.3 Å². The molecule has 2 rings (SSSR count). The van der Waals surface area contributed by atoms with Crippen molar-refractivity contribution >= 4 is 17.4 Å². The van der Waals surface area contributed by atoms with Gasteiger partial charge in [-0.1, -0.05) is 38.1 Å². The predicted octanol–water partition coefficient (Wildman–Crippen LogP) is 4.34. The SMILES string of the molecule is CC(=O)c1cccc(NC(=O)COc2cc(C(C)C)ccc2C)c1. The lowest BCUT2D eigenvalue weighted by Crippen LogP contribution is -2.20. The van der Waals surface area contributed by atoms with Crippen LogP contribution in [-0.2, 0) is 4.79 Å². The predicted molar refractivity (Wildman–Crippen MR) is 95.8 cm³/mol. The van der Waals surface area contributed by atoms with Crippen LogP contribution in [-0.4, -0.2) is 18.3 Å². The van der Waals surface area contributed by atoms with E-state index in [4.69, 9.17) is 4.74 Å². The maximum absolute atomic E-state index is 12.1.